The summed E-state index contributed by atoms with van der Waals surface area (Å²) >= 11 is 0. The molecular weight excluding hydrogens is 332 g/mol. The molecule has 2 rings (SSSR count). The van der Waals surface area contributed by atoms with E-state index < -0.39 is 16.7 Å². The fourth-order valence-corrected chi connectivity index (χ4v) is 2.15. The number of nitro groups is 1. The summed E-state index contributed by atoms with van der Waals surface area (Å²) in [6, 6.07) is 1.15. The molecule has 0 fully saturated rings. The van der Waals surface area contributed by atoms with Crippen LogP contribution in [-0.4, -0.2) is 49.1 Å². The maximum Gasteiger partial charge on any atom is 0.287 e. The summed E-state index contributed by atoms with van der Waals surface area (Å²) in [6.45, 7) is 0.266. The number of aromatic nitrogens is 3. The summed E-state index contributed by atoms with van der Waals surface area (Å²) in [7, 11) is 3.11. The van der Waals surface area contributed by atoms with Crippen LogP contribution in [-0.2, 0) is 14.1 Å². The third-order valence-corrected chi connectivity index (χ3v) is 3.38. The van der Waals surface area contributed by atoms with Gasteiger partial charge in [-0.05, 0) is 6.42 Å². The quantitative estimate of drug-likeness (QED) is 0.365. The van der Waals surface area contributed by atoms with E-state index in [0.717, 1.165) is 6.07 Å². The first-order valence-corrected chi connectivity index (χ1v) is 7.38. The number of nitrogens with zero attached hydrogens (tertiary/aromatic N) is 4. The van der Waals surface area contributed by atoms with Crippen molar-refractivity contribution in [3.8, 4) is 0 Å². The van der Waals surface area contributed by atoms with Gasteiger partial charge in [0.2, 0.25) is 5.82 Å². The normalized spacial score (nSPS) is 10.5. The second-order valence-electron chi connectivity index (χ2n) is 5.30. The average Bonchev–Trinajstić information content (AvgIpc) is 3.10. The number of carbonyl (C=O) groups is 2. The Bertz CT molecular complexity index is 809. The Labute approximate surface area is 142 Å². The maximum atomic E-state index is 12.2. The average molecular weight is 350 g/mol. The Morgan fingerprint density at radius 2 is 2.00 bits per heavy atom. The van der Waals surface area contributed by atoms with E-state index in [1.54, 1.807) is 7.05 Å². The van der Waals surface area contributed by atoms with Gasteiger partial charge in [0, 0.05) is 39.5 Å². The van der Waals surface area contributed by atoms with Gasteiger partial charge < -0.3 is 24.9 Å². The van der Waals surface area contributed by atoms with E-state index in [1.165, 1.54) is 28.6 Å². The molecule has 0 saturated heterocycles. The summed E-state index contributed by atoms with van der Waals surface area (Å²) in [4.78, 5) is 38.4. The maximum absolute atomic E-state index is 12.2. The molecule has 3 N–H and O–H groups in total. The van der Waals surface area contributed by atoms with Crippen molar-refractivity contribution in [3.05, 3.63) is 40.1 Å². The second-order valence-corrected chi connectivity index (χ2v) is 5.30. The number of amides is 2. The minimum Gasteiger partial charge on any atom is -0.396 e. The van der Waals surface area contributed by atoms with Crippen LogP contribution in [0.3, 0.4) is 0 Å². The molecule has 2 amide bonds. The number of aryl methyl sites for hydroxylation is 2. The monoisotopic (exact) mass is 350 g/mol. The van der Waals surface area contributed by atoms with Crippen molar-refractivity contribution in [1.29, 1.82) is 0 Å². The highest BCUT2D eigenvalue weighted by atomic mass is 16.6. The van der Waals surface area contributed by atoms with Gasteiger partial charge in [0.15, 0.2) is 5.82 Å². The molecule has 0 radical (unpaired) electrons. The molecule has 25 heavy (non-hydrogen) atoms. The smallest absolute Gasteiger partial charge is 0.287 e. The lowest BCUT2D eigenvalue weighted by atomic mass is 10.4. The van der Waals surface area contributed by atoms with E-state index in [1.807, 2.05) is 0 Å². The molecule has 0 aliphatic heterocycles. The summed E-state index contributed by atoms with van der Waals surface area (Å²) in [5.41, 5.74) is -0.107. The van der Waals surface area contributed by atoms with Crippen LogP contribution in [0.4, 0.5) is 11.5 Å². The first-order valence-electron chi connectivity index (χ1n) is 7.38. The van der Waals surface area contributed by atoms with Gasteiger partial charge in [0.25, 0.3) is 17.5 Å². The van der Waals surface area contributed by atoms with Gasteiger partial charge in [-0.3, -0.25) is 19.7 Å². The zero-order valence-electron chi connectivity index (χ0n) is 13.7. The number of aliphatic hydroxyl groups excluding tert-OH is 1. The van der Waals surface area contributed by atoms with Crippen molar-refractivity contribution < 1.29 is 19.6 Å². The highest BCUT2D eigenvalue weighted by molar-refractivity contribution is 6.03. The van der Waals surface area contributed by atoms with Crippen molar-refractivity contribution >= 4 is 23.3 Å². The van der Waals surface area contributed by atoms with E-state index in [0.29, 0.717) is 13.0 Å². The van der Waals surface area contributed by atoms with Gasteiger partial charge in [-0.15, -0.1) is 0 Å². The summed E-state index contributed by atoms with van der Waals surface area (Å²) in [5.74, 6) is -0.790. The SMILES string of the molecule is Cn1cc([N+](=O)[O-])cc1C(=O)Nc1cn(C)c(C(=O)NCCCO)n1. The fourth-order valence-electron chi connectivity index (χ4n) is 2.15. The molecule has 0 aromatic carbocycles. The van der Waals surface area contributed by atoms with Crippen LogP contribution in [0.15, 0.2) is 18.5 Å². The number of aliphatic hydroxyl groups is 1. The van der Waals surface area contributed by atoms with Gasteiger partial charge >= 0.3 is 0 Å². The topological polar surface area (TPSA) is 144 Å². The number of imidazole rings is 1. The van der Waals surface area contributed by atoms with E-state index >= 15 is 0 Å². The Balaban J connectivity index is 2.10. The molecule has 11 heteroatoms. The number of carbonyl (C=O) groups excluding carboxylic acids is 2. The summed E-state index contributed by atoms with van der Waals surface area (Å²) in [5, 5.41) is 24.6. The Kier molecular flexibility index (Phi) is 5.49. The zero-order valence-corrected chi connectivity index (χ0v) is 13.7. The van der Waals surface area contributed by atoms with Crippen molar-refractivity contribution in [2.75, 3.05) is 18.5 Å². The molecule has 0 bridgehead atoms. The van der Waals surface area contributed by atoms with Crippen molar-refractivity contribution in [2.24, 2.45) is 14.1 Å². The van der Waals surface area contributed by atoms with Crippen LogP contribution in [0, 0.1) is 10.1 Å². The molecular formula is C14H18N6O5. The van der Waals surface area contributed by atoms with Gasteiger partial charge in [-0.25, -0.2) is 4.98 Å². The third-order valence-electron chi connectivity index (χ3n) is 3.38. The minimum absolute atomic E-state index is 0.0368. The largest absolute Gasteiger partial charge is 0.396 e. The number of anilines is 1. The van der Waals surface area contributed by atoms with Gasteiger partial charge in [0.1, 0.15) is 5.69 Å². The van der Waals surface area contributed by atoms with Crippen LogP contribution in [0.5, 0.6) is 0 Å². The molecule has 0 aliphatic carbocycles. The second kappa shape index (κ2) is 7.57. The molecule has 2 heterocycles. The first kappa shape index (κ1) is 18.1. The molecule has 0 unspecified atom stereocenters. The standard InChI is InChI=1S/C14H18N6O5/c1-18-7-9(20(24)25)6-10(18)13(22)17-11-8-19(2)12(16-11)14(23)15-4-3-5-21/h6-8,21H,3-5H2,1-2H3,(H,15,23)(H,17,22). The highest BCUT2D eigenvalue weighted by Gasteiger charge is 2.20. The molecule has 0 atom stereocenters. The molecule has 2 aromatic rings. The molecule has 11 nitrogen and oxygen atoms in total. The fraction of sp³-hybridized carbons (Fsp3) is 0.357. The summed E-state index contributed by atoms with van der Waals surface area (Å²) < 4.78 is 2.77. The lowest BCUT2D eigenvalue weighted by molar-refractivity contribution is -0.384. The van der Waals surface area contributed by atoms with Crippen LogP contribution >= 0.6 is 0 Å². The predicted molar refractivity (Wildman–Crippen MR) is 87.3 cm³/mol. The number of hydrogen-bond acceptors (Lipinski definition) is 6. The van der Waals surface area contributed by atoms with Gasteiger partial charge in [-0.2, -0.15) is 0 Å². The van der Waals surface area contributed by atoms with Crippen LogP contribution in [0.25, 0.3) is 0 Å². The number of hydrogen-bond donors (Lipinski definition) is 3. The third kappa shape index (κ3) is 4.20. The molecule has 0 spiro atoms. The van der Waals surface area contributed by atoms with Crippen LogP contribution in [0.1, 0.15) is 27.5 Å². The zero-order chi connectivity index (χ0) is 18.6. The van der Waals surface area contributed by atoms with E-state index in [4.69, 9.17) is 5.11 Å². The number of rotatable bonds is 7. The van der Waals surface area contributed by atoms with Gasteiger partial charge in [0.05, 0.1) is 11.1 Å². The molecule has 2 aromatic heterocycles. The van der Waals surface area contributed by atoms with E-state index in [9.17, 15) is 19.7 Å². The Morgan fingerprint density at radius 3 is 2.60 bits per heavy atom. The van der Waals surface area contributed by atoms with Crippen molar-refractivity contribution in [2.45, 2.75) is 6.42 Å². The Hall–Kier alpha value is -3.21. The predicted octanol–water partition coefficient (Wildman–Crippen LogP) is 0.0313. The lowest BCUT2D eigenvalue weighted by Crippen LogP contribution is -2.27. The first-order chi connectivity index (χ1) is 11.8. The molecule has 0 aliphatic rings. The number of nitrogens with one attached hydrogen (secondary N) is 2. The molecule has 0 saturated carbocycles. The van der Waals surface area contributed by atoms with Gasteiger partial charge in [-0.1, -0.05) is 0 Å². The Morgan fingerprint density at radius 1 is 1.28 bits per heavy atom. The summed E-state index contributed by atoms with van der Waals surface area (Å²) in [6.07, 6.45) is 3.11. The highest BCUT2D eigenvalue weighted by Crippen LogP contribution is 2.17. The minimum atomic E-state index is -0.591. The van der Waals surface area contributed by atoms with E-state index in [2.05, 4.69) is 15.6 Å². The van der Waals surface area contributed by atoms with Crippen molar-refractivity contribution in [1.82, 2.24) is 19.4 Å². The van der Waals surface area contributed by atoms with E-state index in [-0.39, 0.29) is 29.6 Å². The van der Waals surface area contributed by atoms with Crippen LogP contribution in [0.2, 0.25) is 0 Å². The molecule has 134 valence electrons. The van der Waals surface area contributed by atoms with Crippen molar-refractivity contribution in [3.63, 3.8) is 0 Å². The van der Waals surface area contributed by atoms with Crippen LogP contribution < -0.4 is 10.6 Å². The lowest BCUT2D eigenvalue weighted by Gasteiger charge is -2.03.